The van der Waals surface area contributed by atoms with Gasteiger partial charge in [0.2, 0.25) is 0 Å². The van der Waals surface area contributed by atoms with Crippen LogP contribution in [0.1, 0.15) is 25.7 Å². The molecule has 1 aliphatic heterocycles. The van der Waals surface area contributed by atoms with Crippen LogP contribution in [0.5, 0.6) is 0 Å². The molecule has 66 valence electrons. The van der Waals surface area contributed by atoms with Crippen LogP contribution < -0.4 is 5.32 Å². The molecule has 0 atom stereocenters. The lowest BCUT2D eigenvalue weighted by Gasteiger charge is -2.21. The second-order valence-electron chi connectivity index (χ2n) is 3.84. The van der Waals surface area contributed by atoms with Crippen molar-refractivity contribution in [3.8, 4) is 0 Å². The first kappa shape index (κ1) is 7.19. The van der Waals surface area contributed by atoms with E-state index in [1.54, 1.807) is 0 Å². The second-order valence-corrected chi connectivity index (χ2v) is 3.84. The molecule has 3 aliphatic rings. The Balaban J connectivity index is 2.05. The van der Waals surface area contributed by atoms with Crippen LogP contribution in [0.4, 0.5) is 0 Å². The molecule has 0 aromatic rings. The van der Waals surface area contributed by atoms with Crippen molar-refractivity contribution in [2.24, 2.45) is 0 Å². The maximum absolute atomic E-state index is 3.54. The van der Waals surface area contributed by atoms with Gasteiger partial charge in [0.1, 0.15) is 0 Å². The monoisotopic (exact) mass is 171 g/mol. The Morgan fingerprint density at radius 1 is 1.23 bits per heavy atom. The lowest BCUT2D eigenvalue weighted by atomic mass is 9.99. The predicted molar refractivity (Wildman–Crippen MR) is 53.9 cm³/mol. The van der Waals surface area contributed by atoms with Gasteiger partial charge in [-0.15, -0.1) is 0 Å². The van der Waals surface area contributed by atoms with E-state index in [2.05, 4.69) is 29.6 Å². The molecule has 13 heavy (non-hydrogen) atoms. The highest BCUT2D eigenvalue weighted by molar-refractivity contribution is 5.52. The molecule has 0 saturated carbocycles. The Hall–Kier alpha value is -1.24. The van der Waals surface area contributed by atoms with Crippen LogP contribution in [0, 0.1) is 0 Å². The van der Waals surface area contributed by atoms with Crippen molar-refractivity contribution in [3.05, 3.63) is 46.8 Å². The van der Waals surface area contributed by atoms with E-state index >= 15 is 0 Å². The molecule has 1 heteroatoms. The van der Waals surface area contributed by atoms with Crippen molar-refractivity contribution in [2.45, 2.75) is 25.7 Å². The van der Waals surface area contributed by atoms with Crippen molar-refractivity contribution in [2.75, 3.05) is 0 Å². The Kier molecular flexibility index (Phi) is 1.45. The van der Waals surface area contributed by atoms with E-state index in [0.29, 0.717) is 0 Å². The number of dihydropyridines is 1. The summed E-state index contributed by atoms with van der Waals surface area (Å²) in [5, 5.41) is 3.54. The average Bonchev–Trinajstić information content (AvgIpc) is 2.61. The number of nitrogens with one attached hydrogen (secondary N) is 1. The van der Waals surface area contributed by atoms with Gasteiger partial charge in [0.15, 0.2) is 0 Å². The Morgan fingerprint density at radius 2 is 2.23 bits per heavy atom. The summed E-state index contributed by atoms with van der Waals surface area (Å²) in [7, 11) is 0. The van der Waals surface area contributed by atoms with Crippen LogP contribution >= 0.6 is 0 Å². The molecule has 0 spiro atoms. The normalized spacial score (nSPS) is 24.6. The highest BCUT2D eigenvalue weighted by Crippen LogP contribution is 2.33. The molecule has 0 fully saturated rings. The lowest BCUT2D eigenvalue weighted by molar-refractivity contribution is 0.847. The van der Waals surface area contributed by atoms with Crippen LogP contribution in [-0.4, -0.2) is 0 Å². The molecule has 1 N–H and O–H groups in total. The van der Waals surface area contributed by atoms with E-state index in [9.17, 15) is 0 Å². The molecule has 0 aromatic carbocycles. The van der Waals surface area contributed by atoms with E-state index in [1.807, 2.05) is 0 Å². The third-order valence-electron chi connectivity index (χ3n) is 2.94. The summed E-state index contributed by atoms with van der Waals surface area (Å²) in [5.74, 6) is 0. The fourth-order valence-electron chi connectivity index (χ4n) is 2.26. The summed E-state index contributed by atoms with van der Waals surface area (Å²) >= 11 is 0. The average molecular weight is 171 g/mol. The summed E-state index contributed by atoms with van der Waals surface area (Å²) in [6.07, 6.45) is 13.9. The number of hydrogen-bond donors (Lipinski definition) is 1. The number of rotatable bonds is 0. The first-order chi connectivity index (χ1) is 6.43. The van der Waals surface area contributed by atoms with Crippen LogP contribution in [0.2, 0.25) is 0 Å². The summed E-state index contributed by atoms with van der Waals surface area (Å²) in [6, 6.07) is 0. The zero-order chi connectivity index (χ0) is 8.67. The van der Waals surface area contributed by atoms with Crippen molar-refractivity contribution >= 4 is 0 Å². The summed E-state index contributed by atoms with van der Waals surface area (Å²) in [6.45, 7) is 0. The van der Waals surface area contributed by atoms with Gasteiger partial charge >= 0.3 is 0 Å². The Morgan fingerprint density at radius 3 is 3.23 bits per heavy atom. The number of hydrogen-bond acceptors (Lipinski definition) is 1. The molecule has 0 unspecified atom stereocenters. The number of fused-ring (bicyclic) bond motifs is 1. The topological polar surface area (TPSA) is 12.0 Å². The molecule has 2 aliphatic carbocycles. The molecular weight excluding hydrogens is 158 g/mol. The molecule has 3 rings (SSSR count). The van der Waals surface area contributed by atoms with Gasteiger partial charge in [0, 0.05) is 11.4 Å². The van der Waals surface area contributed by atoms with Gasteiger partial charge in [-0.3, -0.25) is 0 Å². The first-order valence-electron chi connectivity index (χ1n) is 5.01. The first-order valence-corrected chi connectivity index (χ1v) is 5.01. The maximum Gasteiger partial charge on any atom is 0.0418 e. The van der Waals surface area contributed by atoms with E-state index in [4.69, 9.17) is 0 Å². The number of allylic oxidation sites excluding steroid dienone is 6. The highest BCUT2D eigenvalue weighted by Gasteiger charge is 2.20. The fourth-order valence-corrected chi connectivity index (χ4v) is 2.26. The minimum absolute atomic E-state index is 1.07. The minimum atomic E-state index is 1.07. The van der Waals surface area contributed by atoms with Gasteiger partial charge in [-0.2, -0.15) is 0 Å². The van der Waals surface area contributed by atoms with Gasteiger partial charge in [-0.1, -0.05) is 18.2 Å². The smallest absolute Gasteiger partial charge is 0.0418 e. The van der Waals surface area contributed by atoms with Gasteiger partial charge in [0.25, 0.3) is 0 Å². The molecular formula is C12H13N. The van der Waals surface area contributed by atoms with Crippen LogP contribution in [0.3, 0.4) is 0 Å². The van der Waals surface area contributed by atoms with E-state index < -0.39 is 0 Å². The van der Waals surface area contributed by atoms with Crippen molar-refractivity contribution < 1.29 is 0 Å². The lowest BCUT2D eigenvalue weighted by Crippen LogP contribution is -2.18. The Bertz CT molecular complexity index is 367. The van der Waals surface area contributed by atoms with E-state index in [0.717, 1.165) is 6.42 Å². The van der Waals surface area contributed by atoms with Gasteiger partial charge in [-0.25, -0.2) is 0 Å². The summed E-state index contributed by atoms with van der Waals surface area (Å²) < 4.78 is 0. The SMILES string of the molecule is C1=CC2=CC3=C(CCC3)NC2=CC1. The third-order valence-corrected chi connectivity index (χ3v) is 2.94. The molecule has 0 bridgehead atoms. The minimum Gasteiger partial charge on any atom is -0.358 e. The van der Waals surface area contributed by atoms with Crippen LogP contribution in [0.25, 0.3) is 0 Å². The molecule has 0 radical (unpaired) electrons. The maximum atomic E-state index is 3.54. The third kappa shape index (κ3) is 1.07. The predicted octanol–water partition coefficient (Wildman–Crippen LogP) is 2.80. The van der Waals surface area contributed by atoms with E-state index in [-0.39, 0.29) is 0 Å². The molecule has 0 aromatic heterocycles. The van der Waals surface area contributed by atoms with E-state index in [1.165, 1.54) is 41.8 Å². The van der Waals surface area contributed by atoms with Crippen molar-refractivity contribution in [1.82, 2.24) is 5.32 Å². The summed E-state index contributed by atoms with van der Waals surface area (Å²) in [4.78, 5) is 0. The zero-order valence-corrected chi connectivity index (χ0v) is 7.64. The largest absolute Gasteiger partial charge is 0.358 e. The van der Waals surface area contributed by atoms with Gasteiger partial charge in [0.05, 0.1) is 0 Å². The molecule has 0 amide bonds. The fraction of sp³-hybridized carbons (Fsp3) is 0.333. The zero-order valence-electron chi connectivity index (χ0n) is 7.64. The quantitative estimate of drug-likeness (QED) is 0.591. The van der Waals surface area contributed by atoms with Gasteiger partial charge < -0.3 is 5.32 Å². The van der Waals surface area contributed by atoms with Crippen LogP contribution in [0.15, 0.2) is 46.8 Å². The Labute approximate surface area is 78.5 Å². The molecule has 1 nitrogen and oxygen atoms in total. The highest BCUT2D eigenvalue weighted by atomic mass is 14.9. The van der Waals surface area contributed by atoms with Crippen LogP contribution in [-0.2, 0) is 0 Å². The van der Waals surface area contributed by atoms with Gasteiger partial charge in [-0.05, 0) is 42.9 Å². The molecule has 1 heterocycles. The van der Waals surface area contributed by atoms with Crippen molar-refractivity contribution in [3.63, 3.8) is 0 Å². The van der Waals surface area contributed by atoms with Crippen molar-refractivity contribution in [1.29, 1.82) is 0 Å². The standard InChI is InChI=1S/C12H13N/c1-2-6-11-9(4-1)8-10-5-3-7-12(10)13-11/h1,4,6,8,13H,2-3,5,7H2. The summed E-state index contributed by atoms with van der Waals surface area (Å²) in [5.41, 5.74) is 5.68. The second kappa shape index (κ2) is 2.63. The molecule has 0 saturated heterocycles.